The predicted molar refractivity (Wildman–Crippen MR) is 157 cm³/mol. The molecule has 0 radical (unpaired) electrons. The van der Waals surface area contributed by atoms with Crippen LogP contribution in [-0.2, 0) is 30.7 Å². The number of amides is 2. The van der Waals surface area contributed by atoms with Gasteiger partial charge in [0.1, 0.15) is 23.6 Å². The van der Waals surface area contributed by atoms with Crippen molar-refractivity contribution in [3.63, 3.8) is 0 Å². The van der Waals surface area contributed by atoms with Crippen molar-refractivity contribution in [3.05, 3.63) is 53.3 Å². The molecular weight excluding hydrogens is 634 g/mol. The lowest BCUT2D eigenvalue weighted by molar-refractivity contribution is -0.192. The number of ether oxygens (including phenoxy) is 2. The summed E-state index contributed by atoms with van der Waals surface area (Å²) in [5.41, 5.74) is 4.00. The minimum atomic E-state index is -4.69. The number of carbonyl (C=O) groups excluding carboxylic acids is 3. The Labute approximate surface area is 263 Å². The van der Waals surface area contributed by atoms with Gasteiger partial charge in [0.2, 0.25) is 5.91 Å². The molecule has 3 fully saturated rings. The molecule has 0 spiro atoms. The molecule has 1 atom stereocenters. The van der Waals surface area contributed by atoms with E-state index in [0.29, 0.717) is 11.3 Å². The van der Waals surface area contributed by atoms with Gasteiger partial charge in [0, 0.05) is 5.54 Å². The largest absolute Gasteiger partial charge is 0.491 e. The maximum Gasteiger partial charge on any atom is 0.399 e. The van der Waals surface area contributed by atoms with Crippen LogP contribution in [-0.4, -0.2) is 61.4 Å². The molecule has 3 aliphatic carbocycles. The summed E-state index contributed by atoms with van der Waals surface area (Å²) in [4.78, 5) is 39.5. The van der Waals surface area contributed by atoms with Crippen molar-refractivity contribution in [2.24, 2.45) is 5.73 Å². The molecule has 2 bridgehead atoms. The van der Waals surface area contributed by atoms with Gasteiger partial charge in [-0.25, -0.2) is 12.8 Å². The van der Waals surface area contributed by atoms with Gasteiger partial charge in [-0.05, 0) is 82.2 Å². The summed E-state index contributed by atoms with van der Waals surface area (Å²) in [7, 11) is -4.23. The fourth-order valence-corrected chi connectivity index (χ4v) is 7.99. The van der Waals surface area contributed by atoms with Gasteiger partial charge >= 0.3 is 12.1 Å². The summed E-state index contributed by atoms with van der Waals surface area (Å²) in [6.07, 6.45) is -5.00. The normalized spacial score (nSPS) is 25.5. The summed E-state index contributed by atoms with van der Waals surface area (Å²) >= 11 is 0. The fraction of sp³-hybridized carbons (Fsp3) is 0.516. The number of rotatable bonds is 8. The Morgan fingerprint density at radius 1 is 1.07 bits per heavy atom. The topological polar surface area (TPSA) is 145 Å². The molecule has 0 aromatic heterocycles. The SMILES string of the molecule is CC(C)Oc1ccc(CN2C(=O)[C@@H](N)CS(=O)(=O)c3cc(F)c(C(=O)NC45CCC(OC(=O)CC(F)(F)F)(CC4)CC5)cc32)cc1. The number of anilines is 1. The fourth-order valence-electron chi connectivity index (χ4n) is 6.43. The Morgan fingerprint density at radius 3 is 2.24 bits per heavy atom. The Balaban J connectivity index is 1.39. The highest BCUT2D eigenvalue weighted by Crippen LogP contribution is 2.49. The lowest BCUT2D eigenvalue weighted by atomic mass is 9.63. The number of fused-ring (bicyclic) bond motifs is 4. The Bertz CT molecular complexity index is 1620. The van der Waals surface area contributed by atoms with Crippen LogP contribution in [0.5, 0.6) is 5.75 Å². The molecule has 250 valence electrons. The highest BCUT2D eigenvalue weighted by atomic mass is 32.2. The maximum absolute atomic E-state index is 15.5. The van der Waals surface area contributed by atoms with Crippen LogP contribution in [0.1, 0.15) is 74.7 Å². The number of benzene rings is 2. The van der Waals surface area contributed by atoms with Gasteiger partial charge in [-0.3, -0.25) is 14.4 Å². The second kappa shape index (κ2) is 12.1. The zero-order valence-electron chi connectivity index (χ0n) is 25.3. The average molecular weight is 670 g/mol. The maximum atomic E-state index is 15.5. The number of nitrogens with two attached hydrogens (primary N) is 1. The van der Waals surface area contributed by atoms with Gasteiger partial charge in [0.15, 0.2) is 9.84 Å². The van der Waals surface area contributed by atoms with E-state index in [0.717, 1.165) is 17.0 Å². The molecule has 3 N–H and O–H groups in total. The number of alkyl halides is 3. The number of nitrogens with one attached hydrogen (secondary N) is 1. The van der Waals surface area contributed by atoms with Crippen LogP contribution in [0.3, 0.4) is 0 Å². The summed E-state index contributed by atoms with van der Waals surface area (Å²) in [6, 6.07) is 7.10. The zero-order valence-corrected chi connectivity index (χ0v) is 26.1. The highest BCUT2D eigenvalue weighted by Gasteiger charge is 2.52. The number of nitrogens with zero attached hydrogens (tertiary/aromatic N) is 1. The van der Waals surface area contributed by atoms with E-state index in [4.69, 9.17) is 15.2 Å². The first-order valence-electron chi connectivity index (χ1n) is 14.9. The van der Waals surface area contributed by atoms with E-state index in [9.17, 15) is 36.0 Å². The van der Waals surface area contributed by atoms with Gasteiger partial charge in [0.25, 0.3) is 5.91 Å². The highest BCUT2D eigenvalue weighted by molar-refractivity contribution is 7.91. The van der Waals surface area contributed by atoms with Crippen molar-refractivity contribution >= 4 is 33.3 Å². The molecule has 46 heavy (non-hydrogen) atoms. The summed E-state index contributed by atoms with van der Waals surface area (Å²) < 4.78 is 90.7. The molecule has 1 aliphatic heterocycles. The van der Waals surface area contributed by atoms with Crippen LogP contribution in [0.25, 0.3) is 0 Å². The minimum absolute atomic E-state index is 0.0716. The predicted octanol–water partition coefficient (Wildman–Crippen LogP) is 4.33. The molecule has 10 nitrogen and oxygen atoms in total. The van der Waals surface area contributed by atoms with Crippen molar-refractivity contribution in [2.45, 2.75) is 99.7 Å². The van der Waals surface area contributed by atoms with Gasteiger partial charge < -0.3 is 25.4 Å². The van der Waals surface area contributed by atoms with Crippen LogP contribution >= 0.6 is 0 Å². The molecule has 3 saturated carbocycles. The van der Waals surface area contributed by atoms with E-state index in [-0.39, 0.29) is 56.9 Å². The molecule has 0 saturated heterocycles. The standard InChI is InChI=1S/C31H35F4N3O7S/c1-18(2)44-20-5-3-19(4-6-20)16-38-24-13-21(22(32)14-25(24)46(42,43)17-23(36)28(38)41)27(40)37-29-7-10-30(11-8-29,12-9-29)45-26(39)15-31(33,34)35/h3-6,13-14,18,23H,7-12,15-17,36H2,1-2H3,(H,37,40)/t23-,29?,30?/m0/s1. The van der Waals surface area contributed by atoms with Crippen LogP contribution < -0.4 is 20.7 Å². The van der Waals surface area contributed by atoms with E-state index >= 15 is 4.39 Å². The number of sulfone groups is 1. The quantitative estimate of drug-likeness (QED) is 0.312. The first-order chi connectivity index (χ1) is 21.4. The molecule has 6 rings (SSSR count). The van der Waals surface area contributed by atoms with Gasteiger partial charge in [0.05, 0.1) is 40.6 Å². The molecule has 15 heteroatoms. The zero-order chi connectivity index (χ0) is 33.7. The first-order valence-corrected chi connectivity index (χ1v) is 16.6. The van der Waals surface area contributed by atoms with Gasteiger partial charge in [-0.1, -0.05) is 12.1 Å². The molecule has 2 amide bonds. The number of carbonyl (C=O) groups is 3. The molecule has 0 unspecified atom stereocenters. The van der Waals surface area contributed by atoms with Crippen molar-refractivity contribution in [1.29, 1.82) is 0 Å². The molecule has 4 aliphatic rings. The van der Waals surface area contributed by atoms with Crippen molar-refractivity contribution in [1.82, 2.24) is 5.32 Å². The van der Waals surface area contributed by atoms with E-state index in [1.165, 1.54) is 0 Å². The van der Waals surface area contributed by atoms with E-state index in [2.05, 4.69) is 5.32 Å². The third-order valence-electron chi connectivity index (χ3n) is 8.77. The number of esters is 1. The number of halogens is 4. The first kappa shape index (κ1) is 33.6. The van der Waals surface area contributed by atoms with E-state index in [1.807, 2.05) is 13.8 Å². The Kier molecular flexibility index (Phi) is 8.88. The molecule has 1 heterocycles. The van der Waals surface area contributed by atoms with Crippen LogP contribution in [0.4, 0.5) is 23.2 Å². The Morgan fingerprint density at radius 2 is 1.67 bits per heavy atom. The molecular formula is C31H35F4N3O7S. The summed E-state index contributed by atoms with van der Waals surface area (Å²) in [5, 5.41) is 2.84. The van der Waals surface area contributed by atoms with Crippen molar-refractivity contribution in [2.75, 3.05) is 10.7 Å². The van der Waals surface area contributed by atoms with Crippen LogP contribution in [0, 0.1) is 5.82 Å². The van der Waals surface area contributed by atoms with Crippen molar-refractivity contribution in [3.8, 4) is 5.75 Å². The van der Waals surface area contributed by atoms with Crippen LogP contribution in [0.2, 0.25) is 0 Å². The average Bonchev–Trinajstić information content (AvgIpc) is 3.01. The summed E-state index contributed by atoms with van der Waals surface area (Å²) in [6.45, 7) is 3.61. The van der Waals surface area contributed by atoms with Crippen LogP contribution in [0.15, 0.2) is 41.3 Å². The van der Waals surface area contributed by atoms with E-state index < -0.39 is 79.4 Å². The second-order valence-electron chi connectivity index (χ2n) is 12.6. The van der Waals surface area contributed by atoms with Crippen molar-refractivity contribution < 1.29 is 49.8 Å². The third kappa shape index (κ3) is 7.14. The lowest BCUT2D eigenvalue weighted by Gasteiger charge is -2.52. The minimum Gasteiger partial charge on any atom is -0.491 e. The smallest absolute Gasteiger partial charge is 0.399 e. The van der Waals surface area contributed by atoms with Gasteiger partial charge in [-0.2, -0.15) is 13.2 Å². The Hall–Kier alpha value is -3.72. The van der Waals surface area contributed by atoms with E-state index in [1.54, 1.807) is 24.3 Å². The molecule has 2 aromatic carbocycles. The monoisotopic (exact) mass is 669 g/mol. The summed E-state index contributed by atoms with van der Waals surface area (Å²) in [5.74, 6) is -4.21. The second-order valence-corrected chi connectivity index (χ2v) is 14.6. The third-order valence-corrected chi connectivity index (χ3v) is 10.6. The van der Waals surface area contributed by atoms with Gasteiger partial charge in [-0.15, -0.1) is 0 Å². The lowest BCUT2D eigenvalue weighted by Crippen LogP contribution is -2.60. The number of hydrogen-bond donors (Lipinski definition) is 2. The number of hydrogen-bond acceptors (Lipinski definition) is 8. The molecule has 2 aromatic rings.